The molecule has 3 rings (SSSR count). The quantitative estimate of drug-likeness (QED) is 0.708. The van der Waals surface area contributed by atoms with E-state index in [1.165, 1.54) is 29.2 Å². The number of benzene rings is 1. The van der Waals surface area contributed by atoms with Crippen molar-refractivity contribution in [3.05, 3.63) is 41.5 Å². The molecule has 2 heterocycles. The van der Waals surface area contributed by atoms with Gasteiger partial charge in [-0.25, -0.2) is 13.1 Å². The first-order valence-electron chi connectivity index (χ1n) is 8.41. The summed E-state index contributed by atoms with van der Waals surface area (Å²) in [6.45, 7) is -0.0151. The lowest BCUT2D eigenvalue weighted by atomic mass is 10.1. The minimum atomic E-state index is -4.78. The lowest BCUT2D eigenvalue weighted by Crippen LogP contribution is -2.27. The Kier molecular flexibility index (Phi) is 5.80. The first-order valence-corrected chi connectivity index (χ1v) is 10.3. The zero-order valence-corrected chi connectivity index (χ0v) is 16.0. The number of alkyl halides is 3. The molecule has 1 fully saturated rings. The van der Waals surface area contributed by atoms with E-state index < -0.39 is 22.4 Å². The summed E-state index contributed by atoms with van der Waals surface area (Å²) in [6.07, 6.45) is -3.11. The molecule has 0 aliphatic carbocycles. The van der Waals surface area contributed by atoms with Crippen LogP contribution in [0.15, 0.2) is 28.8 Å². The summed E-state index contributed by atoms with van der Waals surface area (Å²) in [5, 5.41) is 3.70. The highest BCUT2D eigenvalue weighted by atomic mass is 32.2. The average molecular weight is 434 g/mol. The second-order valence-corrected chi connectivity index (χ2v) is 8.24. The number of aromatic nitrogens is 2. The van der Waals surface area contributed by atoms with Crippen molar-refractivity contribution in [1.82, 2.24) is 19.8 Å². The van der Waals surface area contributed by atoms with Crippen molar-refractivity contribution in [2.24, 2.45) is 0 Å². The predicted molar refractivity (Wildman–Crippen MR) is 91.6 cm³/mol. The van der Waals surface area contributed by atoms with Crippen LogP contribution in [-0.2, 0) is 27.9 Å². The maximum absolute atomic E-state index is 12.3. The molecule has 1 atom stereocenters. The second-order valence-electron chi connectivity index (χ2n) is 6.41. The maximum Gasteiger partial charge on any atom is 0.573 e. The Balaban J connectivity index is 1.69. The van der Waals surface area contributed by atoms with Crippen LogP contribution in [0, 0.1) is 0 Å². The number of carbonyl (C=O) groups is 1. The normalized spacial score (nSPS) is 17.7. The van der Waals surface area contributed by atoms with Crippen LogP contribution in [0.4, 0.5) is 13.2 Å². The van der Waals surface area contributed by atoms with Gasteiger partial charge in [0.05, 0.1) is 12.8 Å². The van der Waals surface area contributed by atoms with Gasteiger partial charge in [0.15, 0.2) is 5.82 Å². The molecule has 1 aliphatic heterocycles. The van der Waals surface area contributed by atoms with Gasteiger partial charge in [-0.15, -0.1) is 13.2 Å². The van der Waals surface area contributed by atoms with Crippen molar-refractivity contribution < 1.29 is 35.6 Å². The second kappa shape index (κ2) is 7.99. The van der Waals surface area contributed by atoms with Gasteiger partial charge in [-0.05, 0) is 24.1 Å². The number of hydrogen-bond acceptors (Lipinski definition) is 7. The Bertz CT molecular complexity index is 975. The lowest BCUT2D eigenvalue weighted by Gasteiger charge is -2.22. The molecule has 158 valence electrons. The fourth-order valence-electron chi connectivity index (χ4n) is 2.85. The van der Waals surface area contributed by atoms with Crippen LogP contribution in [0.3, 0.4) is 0 Å². The van der Waals surface area contributed by atoms with Crippen LogP contribution in [-0.4, -0.2) is 42.0 Å². The third-order valence-corrected chi connectivity index (χ3v) is 4.77. The number of rotatable bonds is 7. The molecular formula is C16H17F3N4O5S. The van der Waals surface area contributed by atoms with Gasteiger partial charge in [-0.3, -0.25) is 4.79 Å². The van der Waals surface area contributed by atoms with Crippen LogP contribution in [0.1, 0.15) is 36.2 Å². The largest absolute Gasteiger partial charge is 0.573 e. The molecule has 13 heteroatoms. The molecule has 2 aromatic rings. The number of carbonyl (C=O) groups excluding carboxylic acids is 1. The topological polar surface area (TPSA) is 115 Å². The maximum atomic E-state index is 12.3. The fraction of sp³-hybridized carbons (Fsp3) is 0.438. The Morgan fingerprint density at radius 3 is 2.62 bits per heavy atom. The summed E-state index contributed by atoms with van der Waals surface area (Å²) < 4.78 is 70.3. The molecule has 1 aromatic carbocycles. The third-order valence-electron chi connectivity index (χ3n) is 4.10. The molecule has 1 saturated heterocycles. The van der Waals surface area contributed by atoms with E-state index in [-0.39, 0.29) is 42.9 Å². The van der Waals surface area contributed by atoms with E-state index in [0.717, 1.165) is 6.26 Å². The molecule has 1 amide bonds. The van der Waals surface area contributed by atoms with Crippen LogP contribution in [0.2, 0.25) is 0 Å². The predicted octanol–water partition coefficient (Wildman–Crippen LogP) is 1.88. The first kappa shape index (κ1) is 21.0. The molecule has 1 N–H and O–H groups in total. The van der Waals surface area contributed by atoms with E-state index in [4.69, 9.17) is 4.52 Å². The van der Waals surface area contributed by atoms with Gasteiger partial charge < -0.3 is 14.2 Å². The number of ether oxygens (including phenoxy) is 1. The van der Waals surface area contributed by atoms with E-state index in [9.17, 15) is 26.4 Å². The molecule has 0 saturated carbocycles. The highest BCUT2D eigenvalue weighted by molar-refractivity contribution is 7.88. The van der Waals surface area contributed by atoms with Gasteiger partial charge in [0.2, 0.25) is 21.8 Å². The standard InChI is InChI=1S/C16H17F3N4O5S/c1-29(25,26)20-8-13-21-15(28-22-13)12-6-7-14(24)23(12)9-10-2-4-11(5-3-10)27-16(17,18)19/h2-5,12,20H,6-9H2,1H3/t12-/m0/s1. The van der Waals surface area contributed by atoms with Crippen molar-refractivity contribution in [2.45, 2.75) is 38.3 Å². The smallest absolute Gasteiger partial charge is 0.406 e. The molecule has 0 unspecified atom stereocenters. The number of likely N-dealkylation sites (tertiary alicyclic amines) is 1. The van der Waals surface area contributed by atoms with E-state index in [1.54, 1.807) is 0 Å². The van der Waals surface area contributed by atoms with Crippen molar-refractivity contribution >= 4 is 15.9 Å². The Morgan fingerprint density at radius 2 is 2.00 bits per heavy atom. The van der Waals surface area contributed by atoms with E-state index in [1.807, 2.05) is 0 Å². The SMILES string of the molecule is CS(=O)(=O)NCc1noc([C@@H]2CCC(=O)N2Cc2ccc(OC(F)(F)F)cc2)n1. The number of sulfonamides is 1. The van der Waals surface area contributed by atoms with E-state index >= 15 is 0 Å². The van der Waals surface area contributed by atoms with Gasteiger partial charge in [-0.2, -0.15) is 4.98 Å². The summed E-state index contributed by atoms with van der Waals surface area (Å²) >= 11 is 0. The van der Waals surface area contributed by atoms with Crippen molar-refractivity contribution in [3.63, 3.8) is 0 Å². The highest BCUT2D eigenvalue weighted by Gasteiger charge is 2.36. The van der Waals surface area contributed by atoms with Crippen molar-refractivity contribution in [3.8, 4) is 5.75 Å². The van der Waals surface area contributed by atoms with Gasteiger partial charge in [0.25, 0.3) is 0 Å². The number of halogens is 3. The Labute approximate surface area is 163 Å². The minimum Gasteiger partial charge on any atom is -0.406 e. The zero-order chi connectivity index (χ0) is 21.2. The molecule has 0 bridgehead atoms. The molecule has 1 aromatic heterocycles. The van der Waals surface area contributed by atoms with E-state index in [0.29, 0.717) is 12.0 Å². The van der Waals surface area contributed by atoms with Crippen molar-refractivity contribution in [2.75, 3.05) is 6.26 Å². The van der Waals surface area contributed by atoms with Crippen LogP contribution in [0.25, 0.3) is 0 Å². The molecule has 9 nitrogen and oxygen atoms in total. The first-order chi connectivity index (χ1) is 13.5. The van der Waals surface area contributed by atoms with Crippen molar-refractivity contribution in [1.29, 1.82) is 0 Å². The van der Waals surface area contributed by atoms with Gasteiger partial charge >= 0.3 is 6.36 Å². The van der Waals surface area contributed by atoms with Crippen LogP contribution < -0.4 is 9.46 Å². The van der Waals surface area contributed by atoms with Crippen LogP contribution in [0.5, 0.6) is 5.75 Å². The van der Waals surface area contributed by atoms with E-state index in [2.05, 4.69) is 19.6 Å². The molecule has 0 radical (unpaired) electrons. The Morgan fingerprint density at radius 1 is 1.31 bits per heavy atom. The lowest BCUT2D eigenvalue weighted by molar-refractivity contribution is -0.274. The van der Waals surface area contributed by atoms with Crippen LogP contribution >= 0.6 is 0 Å². The Hall–Kier alpha value is -2.67. The number of nitrogens with one attached hydrogen (secondary N) is 1. The summed E-state index contributed by atoms with van der Waals surface area (Å²) in [6, 6.07) is 4.69. The third kappa shape index (κ3) is 5.90. The summed E-state index contributed by atoms with van der Waals surface area (Å²) in [5.41, 5.74) is 0.596. The van der Waals surface area contributed by atoms with Gasteiger partial charge in [0.1, 0.15) is 11.8 Å². The summed E-state index contributed by atoms with van der Waals surface area (Å²) in [7, 11) is -3.42. The molecular weight excluding hydrogens is 417 g/mol. The van der Waals surface area contributed by atoms with Gasteiger partial charge in [-0.1, -0.05) is 17.3 Å². The number of nitrogens with zero attached hydrogens (tertiary/aromatic N) is 3. The zero-order valence-electron chi connectivity index (χ0n) is 15.1. The highest BCUT2D eigenvalue weighted by Crippen LogP contribution is 2.33. The fourth-order valence-corrected chi connectivity index (χ4v) is 3.24. The summed E-state index contributed by atoms with van der Waals surface area (Å²) in [5.74, 6) is -0.235. The monoisotopic (exact) mass is 434 g/mol. The van der Waals surface area contributed by atoms with Gasteiger partial charge in [0, 0.05) is 13.0 Å². The molecule has 29 heavy (non-hydrogen) atoms. The average Bonchev–Trinajstić information content (AvgIpc) is 3.20. The molecule has 0 spiro atoms. The number of amides is 1. The minimum absolute atomic E-state index is 0.123. The number of hydrogen-bond donors (Lipinski definition) is 1. The molecule has 1 aliphatic rings. The summed E-state index contributed by atoms with van der Waals surface area (Å²) in [4.78, 5) is 17.9.